The zero-order valence-corrected chi connectivity index (χ0v) is 13.9. The molecule has 2 bridgehead atoms. The predicted molar refractivity (Wildman–Crippen MR) is 88.0 cm³/mol. The van der Waals surface area contributed by atoms with Gasteiger partial charge in [-0.25, -0.2) is 0 Å². The van der Waals surface area contributed by atoms with Crippen LogP contribution in [0.5, 0.6) is 0 Å². The number of hydrazine groups is 1. The van der Waals surface area contributed by atoms with E-state index in [9.17, 15) is 0 Å². The van der Waals surface area contributed by atoms with Gasteiger partial charge in [0, 0.05) is 18.4 Å². The Bertz CT molecular complexity index is 372. The summed E-state index contributed by atoms with van der Waals surface area (Å²) in [6.45, 7) is 0.945. The predicted octanol–water partition coefficient (Wildman–Crippen LogP) is 2.95. The number of ether oxygens (including phenoxy) is 1. The normalized spacial score (nSPS) is 47.3. The smallest absolute Gasteiger partial charge is 0.0783 e. The van der Waals surface area contributed by atoms with Crippen LogP contribution in [0.15, 0.2) is 0 Å². The standard InChI is InChI=1S/C17H30N2OS/c18-19-16(9-15-8-12-1-2-13(15)7-12)14-3-5-20-17(10-14)4-6-21-11-17/h12-16,19H,1-11,18H2. The van der Waals surface area contributed by atoms with Gasteiger partial charge in [-0.1, -0.05) is 6.42 Å². The van der Waals surface area contributed by atoms with Gasteiger partial charge < -0.3 is 4.74 Å². The van der Waals surface area contributed by atoms with Gasteiger partial charge in [-0.15, -0.1) is 0 Å². The maximum absolute atomic E-state index is 6.18. The lowest BCUT2D eigenvalue weighted by molar-refractivity contribution is -0.0865. The van der Waals surface area contributed by atoms with E-state index in [1.807, 2.05) is 0 Å². The van der Waals surface area contributed by atoms with Crippen molar-refractivity contribution in [3.05, 3.63) is 0 Å². The zero-order chi connectivity index (χ0) is 14.3. The monoisotopic (exact) mass is 310 g/mol. The summed E-state index contributed by atoms with van der Waals surface area (Å²) in [6.07, 6.45) is 11.0. The van der Waals surface area contributed by atoms with Crippen LogP contribution in [0.1, 0.15) is 51.4 Å². The molecule has 2 saturated carbocycles. The molecule has 3 nitrogen and oxygen atoms in total. The van der Waals surface area contributed by atoms with E-state index in [-0.39, 0.29) is 5.60 Å². The Morgan fingerprint density at radius 2 is 2.24 bits per heavy atom. The van der Waals surface area contributed by atoms with E-state index in [0.717, 1.165) is 30.3 Å². The molecule has 3 N–H and O–H groups in total. The lowest BCUT2D eigenvalue weighted by atomic mass is 9.76. The zero-order valence-electron chi connectivity index (χ0n) is 13.1. The minimum Gasteiger partial charge on any atom is -0.374 e. The Balaban J connectivity index is 1.38. The van der Waals surface area contributed by atoms with Crippen molar-refractivity contribution in [1.29, 1.82) is 0 Å². The molecular formula is C17H30N2OS. The van der Waals surface area contributed by atoms with E-state index in [1.54, 1.807) is 0 Å². The molecule has 4 rings (SSSR count). The van der Waals surface area contributed by atoms with Gasteiger partial charge in [-0.2, -0.15) is 11.8 Å². The number of nitrogens with one attached hydrogen (secondary N) is 1. The van der Waals surface area contributed by atoms with Crippen LogP contribution >= 0.6 is 11.8 Å². The molecule has 2 heterocycles. The van der Waals surface area contributed by atoms with E-state index in [4.69, 9.17) is 10.6 Å². The van der Waals surface area contributed by atoms with Crippen LogP contribution in [0.25, 0.3) is 0 Å². The SMILES string of the molecule is NNC(CC1CC2CCC1C2)C1CCOC2(CCSC2)C1. The van der Waals surface area contributed by atoms with Gasteiger partial charge >= 0.3 is 0 Å². The minimum absolute atomic E-state index is 0.192. The fourth-order valence-electron chi connectivity index (χ4n) is 5.66. The van der Waals surface area contributed by atoms with Gasteiger partial charge in [0.05, 0.1) is 5.60 Å². The molecule has 0 radical (unpaired) electrons. The van der Waals surface area contributed by atoms with E-state index < -0.39 is 0 Å². The highest BCUT2D eigenvalue weighted by atomic mass is 32.2. The average Bonchev–Trinajstić information content (AvgIpc) is 3.22. The van der Waals surface area contributed by atoms with Crippen molar-refractivity contribution in [3.63, 3.8) is 0 Å². The third kappa shape index (κ3) is 2.89. The minimum atomic E-state index is 0.192. The summed E-state index contributed by atoms with van der Waals surface area (Å²) in [5, 5.41) is 0. The first-order valence-electron chi connectivity index (χ1n) is 8.96. The molecule has 1 spiro atoms. The molecule has 4 heteroatoms. The highest BCUT2D eigenvalue weighted by Crippen LogP contribution is 2.51. The number of hydrogen-bond donors (Lipinski definition) is 2. The Morgan fingerprint density at radius 1 is 1.29 bits per heavy atom. The van der Waals surface area contributed by atoms with Crippen molar-refractivity contribution in [2.45, 2.75) is 63.0 Å². The van der Waals surface area contributed by atoms with E-state index >= 15 is 0 Å². The first-order valence-corrected chi connectivity index (χ1v) is 10.1. The summed E-state index contributed by atoms with van der Waals surface area (Å²) < 4.78 is 6.18. The number of nitrogens with two attached hydrogens (primary N) is 1. The van der Waals surface area contributed by atoms with Crippen molar-refractivity contribution < 1.29 is 4.74 Å². The van der Waals surface area contributed by atoms with Gasteiger partial charge in [0.25, 0.3) is 0 Å². The van der Waals surface area contributed by atoms with Gasteiger partial charge in [0.2, 0.25) is 0 Å². The molecule has 0 aromatic carbocycles. The molecule has 2 aliphatic heterocycles. The number of hydrogen-bond acceptors (Lipinski definition) is 4. The Labute approximate surface area is 133 Å². The fraction of sp³-hybridized carbons (Fsp3) is 1.00. The molecule has 21 heavy (non-hydrogen) atoms. The summed E-state index contributed by atoms with van der Waals surface area (Å²) in [5.74, 6) is 12.2. The van der Waals surface area contributed by atoms with Crippen molar-refractivity contribution in [1.82, 2.24) is 5.43 Å². The third-order valence-corrected chi connectivity index (χ3v) is 8.05. The molecule has 0 amide bonds. The molecule has 6 atom stereocenters. The molecule has 120 valence electrons. The quantitative estimate of drug-likeness (QED) is 0.619. The van der Waals surface area contributed by atoms with Crippen LogP contribution in [0.2, 0.25) is 0 Å². The summed E-state index contributed by atoms with van der Waals surface area (Å²) in [4.78, 5) is 0. The van der Waals surface area contributed by atoms with Crippen LogP contribution in [-0.2, 0) is 4.74 Å². The topological polar surface area (TPSA) is 47.3 Å². The number of fused-ring (bicyclic) bond motifs is 2. The summed E-state index contributed by atoms with van der Waals surface area (Å²) >= 11 is 2.07. The Morgan fingerprint density at radius 3 is 2.90 bits per heavy atom. The van der Waals surface area contributed by atoms with E-state index in [2.05, 4.69) is 17.2 Å². The average molecular weight is 311 g/mol. The van der Waals surface area contributed by atoms with Crippen molar-refractivity contribution in [2.24, 2.45) is 29.5 Å². The van der Waals surface area contributed by atoms with E-state index in [0.29, 0.717) is 6.04 Å². The van der Waals surface area contributed by atoms with Crippen molar-refractivity contribution >= 4 is 11.8 Å². The van der Waals surface area contributed by atoms with Crippen molar-refractivity contribution in [2.75, 3.05) is 18.1 Å². The Hall–Kier alpha value is 0.230. The second-order valence-electron chi connectivity index (χ2n) is 8.03. The summed E-state index contributed by atoms with van der Waals surface area (Å²) in [5.41, 5.74) is 3.39. The molecule has 0 aromatic rings. The maximum atomic E-state index is 6.18. The number of thioether (sulfide) groups is 1. The van der Waals surface area contributed by atoms with Crippen LogP contribution in [0, 0.1) is 23.7 Å². The lowest BCUT2D eigenvalue weighted by Gasteiger charge is -2.41. The number of rotatable bonds is 4. The molecule has 2 saturated heterocycles. The molecule has 2 aliphatic carbocycles. The second kappa shape index (κ2) is 6.03. The highest BCUT2D eigenvalue weighted by molar-refractivity contribution is 7.99. The van der Waals surface area contributed by atoms with Crippen LogP contribution < -0.4 is 11.3 Å². The fourth-order valence-corrected chi connectivity index (χ4v) is 7.04. The summed E-state index contributed by atoms with van der Waals surface area (Å²) in [6, 6.07) is 0.515. The second-order valence-corrected chi connectivity index (χ2v) is 9.14. The molecule has 4 fully saturated rings. The van der Waals surface area contributed by atoms with Crippen molar-refractivity contribution in [3.8, 4) is 0 Å². The molecule has 0 aromatic heterocycles. The molecule has 6 unspecified atom stereocenters. The van der Waals surface area contributed by atoms with E-state index in [1.165, 1.54) is 62.9 Å². The maximum Gasteiger partial charge on any atom is 0.0783 e. The molecule has 4 aliphatic rings. The van der Waals surface area contributed by atoms with Gasteiger partial charge in [-0.3, -0.25) is 11.3 Å². The first-order chi connectivity index (χ1) is 10.3. The first kappa shape index (κ1) is 14.8. The highest BCUT2D eigenvalue weighted by Gasteiger charge is 2.45. The summed E-state index contributed by atoms with van der Waals surface area (Å²) in [7, 11) is 0. The van der Waals surface area contributed by atoms with Crippen LogP contribution in [0.4, 0.5) is 0 Å². The molecular weight excluding hydrogens is 280 g/mol. The van der Waals surface area contributed by atoms with Gasteiger partial charge in [0.1, 0.15) is 0 Å². The largest absolute Gasteiger partial charge is 0.374 e. The Kier molecular flexibility index (Phi) is 4.25. The van der Waals surface area contributed by atoms with Gasteiger partial charge in [-0.05, 0) is 74.4 Å². The van der Waals surface area contributed by atoms with Gasteiger partial charge in [0.15, 0.2) is 0 Å². The van der Waals surface area contributed by atoms with Crippen LogP contribution in [0.3, 0.4) is 0 Å². The third-order valence-electron chi connectivity index (χ3n) is 6.82. The van der Waals surface area contributed by atoms with Crippen LogP contribution in [-0.4, -0.2) is 29.8 Å². The lowest BCUT2D eigenvalue weighted by Crippen LogP contribution is -2.49.